The summed E-state index contributed by atoms with van der Waals surface area (Å²) in [6.45, 7) is 1.35. The first-order chi connectivity index (χ1) is 4.83. The Morgan fingerprint density at radius 1 is 1.50 bits per heavy atom. The monoisotopic (exact) mass is 149 g/mol. The number of alkyl halides is 2. The molecule has 60 valence electrons. The van der Waals surface area contributed by atoms with Gasteiger partial charge in [-0.2, -0.15) is 0 Å². The van der Waals surface area contributed by atoms with Crippen LogP contribution in [0.2, 0.25) is 0 Å². The zero-order valence-corrected chi connectivity index (χ0v) is 6.02. The Balaban J connectivity index is 2.18. The van der Waals surface area contributed by atoms with Crippen LogP contribution in [0.25, 0.3) is 0 Å². The summed E-state index contributed by atoms with van der Waals surface area (Å²) in [7, 11) is 0. The molecule has 1 nitrogen and oxygen atoms in total. The number of hydrogen-bond acceptors (Lipinski definition) is 1. The lowest BCUT2D eigenvalue weighted by atomic mass is 10.1. The van der Waals surface area contributed by atoms with Gasteiger partial charge in [-0.05, 0) is 19.4 Å². The second-order valence-corrected chi connectivity index (χ2v) is 2.73. The van der Waals surface area contributed by atoms with Gasteiger partial charge in [0, 0.05) is 13.1 Å². The summed E-state index contributed by atoms with van der Waals surface area (Å²) in [6, 6.07) is 0. The minimum absolute atomic E-state index is 0.354. The van der Waals surface area contributed by atoms with Crippen LogP contribution >= 0.6 is 0 Å². The van der Waals surface area contributed by atoms with Crippen molar-refractivity contribution in [2.24, 2.45) is 0 Å². The van der Waals surface area contributed by atoms with E-state index in [9.17, 15) is 8.78 Å². The summed E-state index contributed by atoms with van der Waals surface area (Å²) in [5.41, 5.74) is 0. The maximum absolute atomic E-state index is 12.6. The average Bonchev–Trinajstić information content (AvgIpc) is 1.88. The molecule has 1 fully saturated rings. The maximum atomic E-state index is 12.6. The van der Waals surface area contributed by atoms with E-state index >= 15 is 0 Å². The standard InChI is InChI=1S/C7H13F2N/c8-3-5-10-4-1-2-7(9)6-10/h7H,1-6H2/t7-/m1/s1. The number of likely N-dealkylation sites (tertiary alicyclic amines) is 1. The smallest absolute Gasteiger partial charge is 0.113 e. The number of halogens is 2. The van der Waals surface area contributed by atoms with E-state index in [1.54, 1.807) is 0 Å². The van der Waals surface area contributed by atoms with Crippen LogP contribution in [0.5, 0.6) is 0 Å². The summed E-state index contributed by atoms with van der Waals surface area (Å²) in [4.78, 5) is 1.84. The van der Waals surface area contributed by atoms with Crippen molar-refractivity contribution in [3.63, 3.8) is 0 Å². The molecular formula is C7H13F2N. The zero-order chi connectivity index (χ0) is 7.40. The third-order valence-electron chi connectivity index (χ3n) is 1.85. The van der Waals surface area contributed by atoms with Gasteiger partial charge in [0.15, 0.2) is 0 Å². The second kappa shape index (κ2) is 3.86. The minimum Gasteiger partial charge on any atom is -0.298 e. The number of hydrogen-bond donors (Lipinski definition) is 0. The van der Waals surface area contributed by atoms with Crippen LogP contribution in [0.4, 0.5) is 8.78 Å². The van der Waals surface area contributed by atoms with E-state index in [2.05, 4.69) is 0 Å². The van der Waals surface area contributed by atoms with Gasteiger partial charge in [-0.25, -0.2) is 8.78 Å². The first kappa shape index (κ1) is 7.92. The number of rotatable bonds is 2. The summed E-state index contributed by atoms with van der Waals surface area (Å²) < 4.78 is 24.3. The molecule has 0 unspecified atom stereocenters. The average molecular weight is 149 g/mol. The van der Waals surface area contributed by atoms with Gasteiger partial charge in [-0.3, -0.25) is 4.90 Å². The van der Waals surface area contributed by atoms with Gasteiger partial charge in [0.25, 0.3) is 0 Å². The molecule has 0 aliphatic carbocycles. The lowest BCUT2D eigenvalue weighted by Crippen LogP contribution is -2.37. The molecule has 1 heterocycles. The van der Waals surface area contributed by atoms with Crippen molar-refractivity contribution in [2.75, 3.05) is 26.3 Å². The van der Waals surface area contributed by atoms with Crippen LogP contribution < -0.4 is 0 Å². The van der Waals surface area contributed by atoms with Gasteiger partial charge in [0.2, 0.25) is 0 Å². The summed E-state index contributed by atoms with van der Waals surface area (Å²) >= 11 is 0. The molecule has 0 bridgehead atoms. The van der Waals surface area contributed by atoms with E-state index in [0.29, 0.717) is 19.5 Å². The summed E-state index contributed by atoms with van der Waals surface area (Å²) in [5, 5.41) is 0. The van der Waals surface area contributed by atoms with Gasteiger partial charge < -0.3 is 0 Å². The van der Waals surface area contributed by atoms with Gasteiger partial charge >= 0.3 is 0 Å². The topological polar surface area (TPSA) is 3.24 Å². The van der Waals surface area contributed by atoms with Gasteiger partial charge in [-0.15, -0.1) is 0 Å². The Kier molecular flexibility index (Phi) is 3.06. The fourth-order valence-electron chi connectivity index (χ4n) is 1.32. The van der Waals surface area contributed by atoms with E-state index in [0.717, 1.165) is 13.0 Å². The normalized spacial score (nSPS) is 28.8. The Hall–Kier alpha value is -0.180. The Labute approximate surface area is 60.0 Å². The van der Waals surface area contributed by atoms with Crippen LogP contribution in [0, 0.1) is 0 Å². The van der Waals surface area contributed by atoms with Crippen LogP contribution in [-0.4, -0.2) is 37.4 Å². The van der Waals surface area contributed by atoms with Gasteiger partial charge in [-0.1, -0.05) is 0 Å². The molecule has 1 atom stereocenters. The van der Waals surface area contributed by atoms with E-state index in [4.69, 9.17) is 0 Å². The van der Waals surface area contributed by atoms with Crippen molar-refractivity contribution < 1.29 is 8.78 Å². The maximum Gasteiger partial charge on any atom is 0.113 e. The third-order valence-corrected chi connectivity index (χ3v) is 1.85. The fraction of sp³-hybridized carbons (Fsp3) is 1.00. The molecule has 1 aliphatic rings. The first-order valence-corrected chi connectivity index (χ1v) is 3.75. The van der Waals surface area contributed by atoms with Crippen LogP contribution in [0.3, 0.4) is 0 Å². The summed E-state index contributed by atoms with van der Waals surface area (Å²) in [6.07, 6.45) is 0.810. The van der Waals surface area contributed by atoms with Crippen molar-refractivity contribution in [3.05, 3.63) is 0 Å². The van der Waals surface area contributed by atoms with Crippen LogP contribution in [-0.2, 0) is 0 Å². The first-order valence-electron chi connectivity index (χ1n) is 3.75. The summed E-state index contributed by atoms with van der Waals surface area (Å²) in [5.74, 6) is 0. The third kappa shape index (κ3) is 2.21. The Morgan fingerprint density at radius 2 is 2.30 bits per heavy atom. The number of nitrogens with zero attached hydrogens (tertiary/aromatic N) is 1. The molecule has 0 spiro atoms. The van der Waals surface area contributed by atoms with E-state index in [1.165, 1.54) is 0 Å². The Morgan fingerprint density at radius 3 is 2.90 bits per heavy atom. The molecule has 3 heteroatoms. The van der Waals surface area contributed by atoms with Crippen molar-refractivity contribution in [2.45, 2.75) is 19.0 Å². The van der Waals surface area contributed by atoms with E-state index in [-0.39, 0.29) is 6.67 Å². The van der Waals surface area contributed by atoms with E-state index in [1.807, 2.05) is 4.90 Å². The highest BCUT2D eigenvalue weighted by Gasteiger charge is 2.17. The largest absolute Gasteiger partial charge is 0.298 e. The van der Waals surface area contributed by atoms with Crippen molar-refractivity contribution in [1.82, 2.24) is 4.90 Å². The predicted octanol–water partition coefficient (Wildman–Crippen LogP) is 1.39. The highest BCUT2D eigenvalue weighted by atomic mass is 19.1. The molecule has 0 radical (unpaired) electrons. The Bertz CT molecular complexity index is 95.6. The molecule has 10 heavy (non-hydrogen) atoms. The highest BCUT2D eigenvalue weighted by molar-refractivity contribution is 4.71. The van der Waals surface area contributed by atoms with Crippen molar-refractivity contribution in [3.8, 4) is 0 Å². The molecule has 1 rings (SSSR count). The molecule has 0 aromatic rings. The van der Waals surface area contributed by atoms with Crippen LogP contribution in [0.15, 0.2) is 0 Å². The lowest BCUT2D eigenvalue weighted by Gasteiger charge is -2.27. The highest BCUT2D eigenvalue weighted by Crippen LogP contribution is 2.11. The number of piperidine rings is 1. The molecule has 0 saturated carbocycles. The van der Waals surface area contributed by atoms with Crippen molar-refractivity contribution in [1.29, 1.82) is 0 Å². The van der Waals surface area contributed by atoms with Gasteiger partial charge in [0.1, 0.15) is 12.8 Å². The molecule has 1 saturated heterocycles. The quantitative estimate of drug-likeness (QED) is 0.573. The predicted molar refractivity (Wildman–Crippen MR) is 36.5 cm³/mol. The molecule has 0 N–H and O–H groups in total. The molecular weight excluding hydrogens is 136 g/mol. The van der Waals surface area contributed by atoms with E-state index < -0.39 is 6.17 Å². The minimum atomic E-state index is -0.722. The molecule has 0 aromatic carbocycles. The fourth-order valence-corrected chi connectivity index (χ4v) is 1.32. The zero-order valence-electron chi connectivity index (χ0n) is 6.02. The SMILES string of the molecule is FCCN1CCC[C@@H](F)C1. The molecule has 1 aliphatic heterocycles. The van der Waals surface area contributed by atoms with Crippen LogP contribution in [0.1, 0.15) is 12.8 Å². The molecule has 0 aromatic heterocycles. The second-order valence-electron chi connectivity index (χ2n) is 2.73. The molecule has 0 amide bonds. The van der Waals surface area contributed by atoms with Gasteiger partial charge in [0.05, 0.1) is 0 Å². The van der Waals surface area contributed by atoms with Crippen molar-refractivity contribution >= 4 is 0 Å². The lowest BCUT2D eigenvalue weighted by molar-refractivity contribution is 0.131.